The monoisotopic (exact) mass is 170 g/mol. The Morgan fingerprint density at radius 1 is 1.33 bits per heavy atom. The van der Waals surface area contributed by atoms with E-state index in [0.29, 0.717) is 5.84 Å². The van der Waals surface area contributed by atoms with Crippen molar-refractivity contribution in [2.75, 3.05) is 14.1 Å². The first-order valence-corrected chi connectivity index (χ1v) is 3.39. The first kappa shape index (κ1) is 8.51. The van der Waals surface area contributed by atoms with Gasteiger partial charge in [0.2, 0.25) is 5.91 Å². The average molecular weight is 170 g/mol. The van der Waals surface area contributed by atoms with E-state index >= 15 is 0 Å². The normalized spacial score (nSPS) is 22.3. The summed E-state index contributed by atoms with van der Waals surface area (Å²) in [4.78, 5) is 24.5. The largest absolute Gasteiger partial charge is 0.331 e. The molecule has 6 nitrogen and oxygen atoms in total. The Bertz CT molecular complexity index is 260. The number of carbonyl (C=O) groups is 2. The highest BCUT2D eigenvalue weighted by molar-refractivity contribution is 6.15. The standard InChI is InChI=1S/C6H10N4O2/c1-9-4(8-7)3-5(11)10(2)6(9)12/h3,7H2,1-2H3/b8-4+. The van der Waals surface area contributed by atoms with Crippen LogP contribution in [-0.4, -0.2) is 41.7 Å². The molecule has 1 heterocycles. The van der Waals surface area contributed by atoms with Crippen molar-refractivity contribution in [2.45, 2.75) is 6.42 Å². The fourth-order valence-corrected chi connectivity index (χ4v) is 0.947. The molecule has 1 aliphatic rings. The molecule has 0 aromatic heterocycles. The molecule has 0 aromatic carbocycles. The van der Waals surface area contributed by atoms with Crippen molar-refractivity contribution in [1.29, 1.82) is 0 Å². The second-order valence-electron chi connectivity index (χ2n) is 2.52. The minimum Gasteiger partial charge on any atom is -0.322 e. The fraction of sp³-hybridized carbons (Fsp3) is 0.500. The first-order chi connectivity index (χ1) is 5.57. The number of amidine groups is 1. The van der Waals surface area contributed by atoms with Gasteiger partial charge in [-0.15, -0.1) is 0 Å². The highest BCUT2D eigenvalue weighted by Gasteiger charge is 2.31. The van der Waals surface area contributed by atoms with E-state index in [4.69, 9.17) is 5.84 Å². The lowest BCUT2D eigenvalue weighted by Gasteiger charge is -2.29. The van der Waals surface area contributed by atoms with Crippen molar-refractivity contribution in [1.82, 2.24) is 9.80 Å². The van der Waals surface area contributed by atoms with E-state index in [-0.39, 0.29) is 12.3 Å². The van der Waals surface area contributed by atoms with Gasteiger partial charge >= 0.3 is 6.03 Å². The van der Waals surface area contributed by atoms with E-state index in [0.717, 1.165) is 4.90 Å². The lowest BCUT2D eigenvalue weighted by Crippen LogP contribution is -2.51. The summed E-state index contributed by atoms with van der Waals surface area (Å²) in [6.45, 7) is 0. The summed E-state index contributed by atoms with van der Waals surface area (Å²) >= 11 is 0. The predicted molar refractivity (Wildman–Crippen MR) is 42.2 cm³/mol. The van der Waals surface area contributed by atoms with Crippen LogP contribution in [0.4, 0.5) is 4.79 Å². The van der Waals surface area contributed by atoms with Gasteiger partial charge in [-0.25, -0.2) is 4.79 Å². The van der Waals surface area contributed by atoms with Crippen LogP contribution >= 0.6 is 0 Å². The van der Waals surface area contributed by atoms with Crippen LogP contribution < -0.4 is 5.84 Å². The maximum absolute atomic E-state index is 11.2. The molecule has 1 rings (SSSR count). The van der Waals surface area contributed by atoms with Crippen LogP contribution in [0.5, 0.6) is 0 Å². The molecule has 1 aliphatic heterocycles. The molecule has 12 heavy (non-hydrogen) atoms. The van der Waals surface area contributed by atoms with Crippen molar-refractivity contribution < 1.29 is 9.59 Å². The number of amides is 3. The van der Waals surface area contributed by atoms with E-state index in [9.17, 15) is 9.59 Å². The van der Waals surface area contributed by atoms with E-state index in [2.05, 4.69) is 5.10 Å². The van der Waals surface area contributed by atoms with Crippen molar-refractivity contribution in [3.8, 4) is 0 Å². The van der Waals surface area contributed by atoms with Gasteiger partial charge in [-0.05, 0) is 0 Å². The summed E-state index contributed by atoms with van der Waals surface area (Å²) < 4.78 is 0. The summed E-state index contributed by atoms with van der Waals surface area (Å²) in [5, 5.41) is 3.34. The molecule has 3 amide bonds. The minimum atomic E-state index is -0.407. The quantitative estimate of drug-likeness (QED) is 0.380. The second kappa shape index (κ2) is 2.80. The van der Waals surface area contributed by atoms with E-state index < -0.39 is 6.03 Å². The van der Waals surface area contributed by atoms with E-state index in [1.54, 1.807) is 0 Å². The van der Waals surface area contributed by atoms with Crippen LogP contribution in [-0.2, 0) is 4.79 Å². The zero-order valence-corrected chi connectivity index (χ0v) is 6.94. The fourth-order valence-electron chi connectivity index (χ4n) is 0.947. The predicted octanol–water partition coefficient (Wildman–Crippen LogP) is -0.827. The molecular weight excluding hydrogens is 160 g/mol. The van der Waals surface area contributed by atoms with Crippen molar-refractivity contribution >= 4 is 17.8 Å². The molecule has 1 saturated heterocycles. The number of hydrogen-bond donors (Lipinski definition) is 1. The molecule has 66 valence electrons. The highest BCUT2D eigenvalue weighted by Crippen LogP contribution is 2.08. The Kier molecular flexibility index (Phi) is 1.99. The zero-order chi connectivity index (χ0) is 9.30. The Labute approximate surface area is 69.6 Å². The van der Waals surface area contributed by atoms with Gasteiger partial charge < -0.3 is 5.84 Å². The summed E-state index contributed by atoms with van der Waals surface area (Å²) in [5.41, 5.74) is 0. The number of hydrazone groups is 1. The van der Waals surface area contributed by atoms with Gasteiger partial charge in [0.05, 0.1) is 6.42 Å². The molecule has 0 atom stereocenters. The highest BCUT2D eigenvalue weighted by atomic mass is 16.2. The topological polar surface area (TPSA) is 79.0 Å². The number of rotatable bonds is 0. The van der Waals surface area contributed by atoms with Gasteiger partial charge in [0.25, 0.3) is 0 Å². The molecular formula is C6H10N4O2. The van der Waals surface area contributed by atoms with Gasteiger partial charge in [0.15, 0.2) is 0 Å². The van der Waals surface area contributed by atoms with E-state index in [1.807, 2.05) is 0 Å². The molecule has 0 aliphatic carbocycles. The molecule has 0 radical (unpaired) electrons. The number of urea groups is 1. The zero-order valence-electron chi connectivity index (χ0n) is 6.94. The summed E-state index contributed by atoms with van der Waals surface area (Å²) in [7, 11) is 2.95. The summed E-state index contributed by atoms with van der Waals surface area (Å²) in [6, 6.07) is -0.407. The van der Waals surface area contributed by atoms with E-state index in [1.165, 1.54) is 19.0 Å². The van der Waals surface area contributed by atoms with Crippen LogP contribution in [0, 0.1) is 0 Å². The third-order valence-corrected chi connectivity index (χ3v) is 1.79. The molecule has 6 heteroatoms. The van der Waals surface area contributed by atoms with Gasteiger partial charge in [-0.2, -0.15) is 5.10 Å². The van der Waals surface area contributed by atoms with Gasteiger partial charge in [0.1, 0.15) is 5.84 Å². The van der Waals surface area contributed by atoms with Gasteiger partial charge in [-0.1, -0.05) is 0 Å². The van der Waals surface area contributed by atoms with Crippen LogP contribution in [0.1, 0.15) is 6.42 Å². The smallest absolute Gasteiger partial charge is 0.322 e. The van der Waals surface area contributed by atoms with Crippen LogP contribution in [0.2, 0.25) is 0 Å². The van der Waals surface area contributed by atoms with Crippen molar-refractivity contribution in [3.05, 3.63) is 0 Å². The molecule has 2 N–H and O–H groups in total. The molecule has 0 spiro atoms. The lowest BCUT2D eigenvalue weighted by atomic mass is 10.3. The number of carbonyl (C=O) groups excluding carboxylic acids is 2. The summed E-state index contributed by atoms with van der Waals surface area (Å²) in [5.74, 6) is 4.99. The van der Waals surface area contributed by atoms with Crippen molar-refractivity contribution in [3.63, 3.8) is 0 Å². The number of nitrogens with zero attached hydrogens (tertiary/aromatic N) is 3. The van der Waals surface area contributed by atoms with Gasteiger partial charge in [-0.3, -0.25) is 14.6 Å². The first-order valence-electron chi connectivity index (χ1n) is 3.39. The average Bonchev–Trinajstić information content (AvgIpc) is 2.08. The number of hydrogen-bond acceptors (Lipinski definition) is 4. The van der Waals surface area contributed by atoms with Crippen LogP contribution in [0.25, 0.3) is 0 Å². The van der Waals surface area contributed by atoms with Crippen LogP contribution in [0.15, 0.2) is 5.10 Å². The maximum Gasteiger partial charge on any atom is 0.331 e. The lowest BCUT2D eigenvalue weighted by molar-refractivity contribution is -0.127. The molecule has 1 fully saturated rings. The molecule has 0 aromatic rings. The molecule has 0 saturated carbocycles. The maximum atomic E-state index is 11.2. The Morgan fingerprint density at radius 3 is 2.42 bits per heavy atom. The Balaban J connectivity index is 2.92. The van der Waals surface area contributed by atoms with Crippen molar-refractivity contribution in [2.24, 2.45) is 10.9 Å². The van der Waals surface area contributed by atoms with Crippen LogP contribution in [0.3, 0.4) is 0 Å². The number of imide groups is 1. The summed E-state index contributed by atoms with van der Waals surface area (Å²) in [6.07, 6.45) is 0.0786. The minimum absolute atomic E-state index is 0.0786. The molecule has 0 unspecified atom stereocenters. The molecule has 0 bridgehead atoms. The number of nitrogens with two attached hydrogens (primary N) is 1. The second-order valence-corrected chi connectivity index (χ2v) is 2.52. The SMILES string of the molecule is CN1C(=O)C/C(=N\N)N(C)C1=O. The third-order valence-electron chi connectivity index (χ3n) is 1.79. The Morgan fingerprint density at radius 2 is 1.92 bits per heavy atom. The Hall–Kier alpha value is -1.59. The third kappa shape index (κ3) is 1.11. The van der Waals surface area contributed by atoms with Gasteiger partial charge in [0, 0.05) is 14.1 Å².